The maximum absolute atomic E-state index is 2.39. The quantitative estimate of drug-likeness (QED) is 0.572. The first-order chi connectivity index (χ1) is 8.50. The first kappa shape index (κ1) is 15.0. The van der Waals surface area contributed by atoms with Gasteiger partial charge in [0.2, 0.25) is 0 Å². The van der Waals surface area contributed by atoms with Crippen LogP contribution in [0.2, 0.25) is 0 Å². The van der Waals surface area contributed by atoms with E-state index in [2.05, 4.69) is 77.1 Å². The topological polar surface area (TPSA) is 0 Å². The van der Waals surface area contributed by atoms with Crippen LogP contribution in [0.3, 0.4) is 0 Å². The lowest BCUT2D eigenvalue weighted by Crippen LogP contribution is -2.30. The molecule has 0 heterocycles. The van der Waals surface area contributed by atoms with Crippen LogP contribution in [-0.4, -0.2) is 0 Å². The third-order valence-electron chi connectivity index (χ3n) is 4.34. The summed E-state index contributed by atoms with van der Waals surface area (Å²) in [5.74, 6) is 1.25. The number of benzene rings is 1. The SMILES string of the molecule is CCC/C=C\C(C)C(C)C(C)(C)c1ccccc1. The Bertz CT molecular complexity index is 359. The maximum atomic E-state index is 2.39. The zero-order valence-electron chi connectivity index (χ0n) is 12.6. The highest BCUT2D eigenvalue weighted by molar-refractivity contribution is 5.24. The van der Waals surface area contributed by atoms with Gasteiger partial charge in [0.15, 0.2) is 0 Å². The van der Waals surface area contributed by atoms with Crippen LogP contribution < -0.4 is 0 Å². The fourth-order valence-corrected chi connectivity index (χ4v) is 2.43. The Morgan fingerprint density at radius 1 is 1.11 bits per heavy atom. The maximum Gasteiger partial charge on any atom is -0.00724 e. The van der Waals surface area contributed by atoms with Gasteiger partial charge in [-0.3, -0.25) is 0 Å². The van der Waals surface area contributed by atoms with Crippen molar-refractivity contribution in [1.82, 2.24) is 0 Å². The summed E-state index contributed by atoms with van der Waals surface area (Å²) >= 11 is 0. The Labute approximate surface area is 113 Å². The molecule has 0 spiro atoms. The van der Waals surface area contributed by atoms with Gasteiger partial charge in [-0.25, -0.2) is 0 Å². The summed E-state index contributed by atoms with van der Waals surface area (Å²) in [5.41, 5.74) is 1.66. The van der Waals surface area contributed by atoms with Gasteiger partial charge in [0.25, 0.3) is 0 Å². The van der Waals surface area contributed by atoms with E-state index in [4.69, 9.17) is 0 Å². The number of hydrogen-bond acceptors (Lipinski definition) is 0. The van der Waals surface area contributed by atoms with Gasteiger partial charge in [0.1, 0.15) is 0 Å². The van der Waals surface area contributed by atoms with E-state index in [0.29, 0.717) is 11.8 Å². The second-order valence-electron chi connectivity index (χ2n) is 5.95. The standard InChI is InChI=1S/C18H28/c1-6-7-9-12-15(2)16(3)18(4,5)17-13-10-8-11-14-17/h8-16H,6-7H2,1-5H3/b12-9-. The van der Waals surface area contributed by atoms with Crippen LogP contribution in [0.4, 0.5) is 0 Å². The van der Waals surface area contributed by atoms with Crippen molar-refractivity contribution in [2.45, 2.75) is 52.9 Å². The van der Waals surface area contributed by atoms with E-state index >= 15 is 0 Å². The highest BCUT2D eigenvalue weighted by Gasteiger charge is 2.30. The van der Waals surface area contributed by atoms with Crippen molar-refractivity contribution in [3.05, 3.63) is 48.0 Å². The molecule has 0 heteroatoms. The summed E-state index contributed by atoms with van der Waals surface area (Å²) in [4.78, 5) is 0. The van der Waals surface area contributed by atoms with E-state index in [9.17, 15) is 0 Å². The normalized spacial score (nSPS) is 15.8. The lowest BCUT2D eigenvalue weighted by atomic mass is 9.69. The molecule has 1 aromatic carbocycles. The Hall–Kier alpha value is -1.04. The van der Waals surface area contributed by atoms with Gasteiger partial charge in [-0.15, -0.1) is 0 Å². The summed E-state index contributed by atoms with van der Waals surface area (Å²) < 4.78 is 0. The molecule has 0 saturated carbocycles. The van der Waals surface area contributed by atoms with E-state index in [1.54, 1.807) is 0 Å². The zero-order valence-corrected chi connectivity index (χ0v) is 12.6. The van der Waals surface area contributed by atoms with Gasteiger partial charge in [-0.05, 0) is 29.2 Å². The minimum atomic E-state index is 0.219. The number of allylic oxidation sites excluding steroid dienone is 2. The lowest BCUT2D eigenvalue weighted by Gasteiger charge is -2.35. The summed E-state index contributed by atoms with van der Waals surface area (Å²) in [7, 11) is 0. The Morgan fingerprint density at radius 3 is 2.28 bits per heavy atom. The average molecular weight is 244 g/mol. The monoisotopic (exact) mass is 244 g/mol. The first-order valence-corrected chi connectivity index (χ1v) is 7.22. The van der Waals surface area contributed by atoms with Crippen molar-refractivity contribution < 1.29 is 0 Å². The van der Waals surface area contributed by atoms with Gasteiger partial charge in [-0.1, -0.05) is 83.5 Å². The van der Waals surface area contributed by atoms with Gasteiger partial charge < -0.3 is 0 Å². The van der Waals surface area contributed by atoms with Crippen molar-refractivity contribution in [3.8, 4) is 0 Å². The minimum Gasteiger partial charge on any atom is -0.0883 e. The molecular formula is C18H28. The fourth-order valence-electron chi connectivity index (χ4n) is 2.43. The van der Waals surface area contributed by atoms with Crippen LogP contribution in [0.5, 0.6) is 0 Å². The fraction of sp³-hybridized carbons (Fsp3) is 0.556. The molecule has 0 fully saturated rings. The highest BCUT2D eigenvalue weighted by atomic mass is 14.3. The second-order valence-corrected chi connectivity index (χ2v) is 5.95. The van der Waals surface area contributed by atoms with Gasteiger partial charge in [0.05, 0.1) is 0 Å². The van der Waals surface area contributed by atoms with E-state index < -0.39 is 0 Å². The van der Waals surface area contributed by atoms with Crippen LogP contribution in [0.25, 0.3) is 0 Å². The smallest absolute Gasteiger partial charge is 0.00724 e. The van der Waals surface area contributed by atoms with Crippen LogP contribution in [0.15, 0.2) is 42.5 Å². The molecular weight excluding hydrogens is 216 g/mol. The molecule has 0 N–H and O–H groups in total. The Balaban J connectivity index is 2.78. The van der Waals surface area contributed by atoms with Gasteiger partial charge in [-0.2, -0.15) is 0 Å². The molecule has 0 aliphatic heterocycles. The Kier molecular flexibility index (Phi) is 5.65. The first-order valence-electron chi connectivity index (χ1n) is 7.22. The van der Waals surface area contributed by atoms with Gasteiger partial charge >= 0.3 is 0 Å². The third-order valence-corrected chi connectivity index (χ3v) is 4.34. The number of rotatable bonds is 6. The summed E-state index contributed by atoms with van der Waals surface area (Å²) in [5, 5.41) is 0. The van der Waals surface area contributed by atoms with Crippen LogP contribution in [0, 0.1) is 11.8 Å². The molecule has 1 rings (SSSR count). The van der Waals surface area contributed by atoms with Crippen LogP contribution in [-0.2, 0) is 5.41 Å². The molecule has 100 valence electrons. The predicted molar refractivity (Wildman–Crippen MR) is 81.8 cm³/mol. The summed E-state index contributed by atoms with van der Waals surface area (Å²) in [6.07, 6.45) is 7.16. The molecule has 1 aromatic rings. The molecule has 0 amide bonds. The third kappa shape index (κ3) is 3.73. The molecule has 18 heavy (non-hydrogen) atoms. The lowest BCUT2D eigenvalue weighted by molar-refractivity contribution is 0.284. The van der Waals surface area contributed by atoms with Crippen molar-refractivity contribution in [3.63, 3.8) is 0 Å². The molecule has 0 aliphatic carbocycles. The molecule has 2 atom stereocenters. The predicted octanol–water partition coefficient (Wildman–Crippen LogP) is 5.59. The number of unbranched alkanes of at least 4 members (excludes halogenated alkanes) is 1. The van der Waals surface area contributed by atoms with Crippen molar-refractivity contribution in [1.29, 1.82) is 0 Å². The number of hydrogen-bond donors (Lipinski definition) is 0. The van der Waals surface area contributed by atoms with Crippen LogP contribution in [0.1, 0.15) is 53.0 Å². The summed E-state index contributed by atoms with van der Waals surface area (Å²) in [6.45, 7) is 11.6. The molecule has 0 nitrogen and oxygen atoms in total. The minimum absolute atomic E-state index is 0.219. The molecule has 0 aliphatic rings. The van der Waals surface area contributed by atoms with Crippen molar-refractivity contribution in [2.75, 3.05) is 0 Å². The zero-order chi connectivity index (χ0) is 13.6. The van der Waals surface area contributed by atoms with E-state index in [1.165, 1.54) is 18.4 Å². The molecule has 0 aromatic heterocycles. The second kappa shape index (κ2) is 6.78. The highest BCUT2D eigenvalue weighted by Crippen LogP contribution is 2.36. The molecule has 0 radical (unpaired) electrons. The molecule has 2 unspecified atom stereocenters. The van der Waals surface area contributed by atoms with Crippen molar-refractivity contribution in [2.24, 2.45) is 11.8 Å². The van der Waals surface area contributed by atoms with Crippen molar-refractivity contribution >= 4 is 0 Å². The summed E-state index contributed by atoms with van der Waals surface area (Å²) in [6, 6.07) is 10.9. The molecule has 0 bridgehead atoms. The van der Waals surface area contributed by atoms with E-state index in [1.807, 2.05) is 0 Å². The van der Waals surface area contributed by atoms with E-state index in [0.717, 1.165) is 0 Å². The molecule has 0 saturated heterocycles. The van der Waals surface area contributed by atoms with E-state index in [-0.39, 0.29) is 5.41 Å². The van der Waals surface area contributed by atoms with Gasteiger partial charge in [0, 0.05) is 0 Å². The van der Waals surface area contributed by atoms with Crippen LogP contribution >= 0.6 is 0 Å². The average Bonchev–Trinajstić information content (AvgIpc) is 2.39. The Morgan fingerprint density at radius 2 is 1.72 bits per heavy atom. The largest absolute Gasteiger partial charge is 0.0883 e.